The fraction of sp³-hybridized carbons (Fsp3) is 0.385. The van der Waals surface area contributed by atoms with Crippen LogP contribution in [0.3, 0.4) is 0 Å². The van der Waals surface area contributed by atoms with Gasteiger partial charge in [-0.1, -0.05) is 20.3 Å². The molecule has 0 aliphatic heterocycles. The highest BCUT2D eigenvalue weighted by atomic mass is 16.6. The SMILES string of the molecule is CC[C@H](C)[C@H](Nc1ccc(C#N)cc1[N+](=O)[O-])C(=O)O. The lowest BCUT2D eigenvalue weighted by Gasteiger charge is -2.21. The molecule has 0 aromatic heterocycles. The molecule has 1 rings (SSSR count). The molecule has 20 heavy (non-hydrogen) atoms. The van der Waals surface area contributed by atoms with Crippen LogP contribution in [0, 0.1) is 27.4 Å². The standard InChI is InChI=1S/C13H15N3O4/c1-3-8(2)12(13(17)18)15-10-5-4-9(7-14)6-11(10)16(19)20/h4-6,8,12,15H,3H2,1-2H3,(H,17,18)/t8-,12-/m0/s1. The van der Waals surface area contributed by atoms with Crippen molar-refractivity contribution in [2.75, 3.05) is 5.32 Å². The molecule has 0 spiro atoms. The summed E-state index contributed by atoms with van der Waals surface area (Å²) in [5, 5.41) is 31.6. The minimum Gasteiger partial charge on any atom is -0.480 e. The minimum absolute atomic E-state index is 0.0988. The summed E-state index contributed by atoms with van der Waals surface area (Å²) in [6, 6.07) is 4.77. The van der Waals surface area contributed by atoms with Gasteiger partial charge in [-0.05, 0) is 18.1 Å². The van der Waals surface area contributed by atoms with E-state index in [-0.39, 0.29) is 22.9 Å². The molecule has 0 heterocycles. The molecule has 0 aliphatic rings. The second-order valence-corrected chi connectivity index (χ2v) is 4.45. The molecular formula is C13H15N3O4. The Labute approximate surface area is 116 Å². The van der Waals surface area contributed by atoms with Gasteiger partial charge in [0.15, 0.2) is 0 Å². The molecule has 0 radical (unpaired) electrons. The van der Waals surface area contributed by atoms with Crippen molar-refractivity contribution in [1.82, 2.24) is 0 Å². The second-order valence-electron chi connectivity index (χ2n) is 4.45. The number of anilines is 1. The Morgan fingerprint density at radius 3 is 2.70 bits per heavy atom. The predicted molar refractivity (Wildman–Crippen MR) is 72.3 cm³/mol. The fourth-order valence-electron chi connectivity index (χ4n) is 1.72. The zero-order valence-corrected chi connectivity index (χ0v) is 11.2. The number of nitrogens with zero attached hydrogens (tertiary/aromatic N) is 2. The van der Waals surface area contributed by atoms with Gasteiger partial charge in [0.1, 0.15) is 11.7 Å². The zero-order chi connectivity index (χ0) is 15.3. The van der Waals surface area contributed by atoms with E-state index in [0.29, 0.717) is 6.42 Å². The largest absolute Gasteiger partial charge is 0.480 e. The molecule has 0 saturated carbocycles. The number of hydrogen-bond acceptors (Lipinski definition) is 5. The van der Waals surface area contributed by atoms with Gasteiger partial charge in [-0.15, -0.1) is 0 Å². The van der Waals surface area contributed by atoms with Crippen LogP contribution in [0.4, 0.5) is 11.4 Å². The van der Waals surface area contributed by atoms with Crippen molar-refractivity contribution in [3.8, 4) is 6.07 Å². The first kappa shape index (κ1) is 15.4. The number of rotatable bonds is 6. The lowest BCUT2D eigenvalue weighted by Crippen LogP contribution is -2.35. The van der Waals surface area contributed by atoms with E-state index in [0.717, 1.165) is 6.07 Å². The van der Waals surface area contributed by atoms with E-state index in [1.165, 1.54) is 12.1 Å². The van der Waals surface area contributed by atoms with Crippen molar-refractivity contribution in [2.24, 2.45) is 5.92 Å². The number of benzene rings is 1. The highest BCUT2D eigenvalue weighted by Crippen LogP contribution is 2.27. The summed E-state index contributed by atoms with van der Waals surface area (Å²) in [6.07, 6.45) is 0.619. The number of nitro groups is 1. The van der Waals surface area contributed by atoms with Gasteiger partial charge in [-0.25, -0.2) is 4.79 Å². The normalized spacial score (nSPS) is 13.1. The van der Waals surface area contributed by atoms with Gasteiger partial charge in [0.05, 0.1) is 16.6 Å². The van der Waals surface area contributed by atoms with Gasteiger partial charge in [0.25, 0.3) is 5.69 Å². The number of hydrogen-bond donors (Lipinski definition) is 2. The summed E-state index contributed by atoms with van der Waals surface area (Å²) in [6.45, 7) is 3.59. The first-order valence-electron chi connectivity index (χ1n) is 6.08. The first-order chi connectivity index (χ1) is 9.40. The smallest absolute Gasteiger partial charge is 0.326 e. The molecule has 1 aromatic rings. The average molecular weight is 277 g/mol. The number of nitro benzene ring substituents is 1. The number of carbonyl (C=O) groups is 1. The molecule has 1 aromatic carbocycles. The molecule has 7 nitrogen and oxygen atoms in total. The molecule has 0 saturated heterocycles. The Morgan fingerprint density at radius 2 is 2.25 bits per heavy atom. The van der Waals surface area contributed by atoms with Crippen molar-refractivity contribution in [2.45, 2.75) is 26.3 Å². The summed E-state index contributed by atoms with van der Waals surface area (Å²) >= 11 is 0. The third-order valence-electron chi connectivity index (χ3n) is 3.11. The molecule has 0 unspecified atom stereocenters. The first-order valence-corrected chi connectivity index (χ1v) is 6.08. The maximum atomic E-state index is 11.2. The third kappa shape index (κ3) is 3.45. The maximum absolute atomic E-state index is 11.2. The average Bonchev–Trinajstić information content (AvgIpc) is 2.43. The van der Waals surface area contributed by atoms with Crippen LogP contribution in [0.15, 0.2) is 18.2 Å². The number of nitriles is 1. The van der Waals surface area contributed by atoms with Gasteiger partial charge in [0, 0.05) is 6.07 Å². The molecule has 7 heteroatoms. The highest BCUT2D eigenvalue weighted by molar-refractivity contribution is 5.79. The van der Waals surface area contributed by atoms with E-state index in [2.05, 4.69) is 5.32 Å². The Bertz CT molecular complexity index is 565. The van der Waals surface area contributed by atoms with E-state index in [4.69, 9.17) is 5.26 Å². The highest BCUT2D eigenvalue weighted by Gasteiger charge is 2.26. The van der Waals surface area contributed by atoms with Crippen molar-refractivity contribution >= 4 is 17.3 Å². The number of carboxylic acid groups (broad SMARTS) is 1. The van der Waals surface area contributed by atoms with E-state index in [1.54, 1.807) is 6.92 Å². The van der Waals surface area contributed by atoms with Crippen LogP contribution in [0.5, 0.6) is 0 Å². The quantitative estimate of drug-likeness (QED) is 0.609. The molecule has 0 fully saturated rings. The number of nitrogens with one attached hydrogen (secondary N) is 1. The van der Waals surface area contributed by atoms with Gasteiger partial charge in [-0.3, -0.25) is 10.1 Å². The minimum atomic E-state index is -1.07. The van der Waals surface area contributed by atoms with Gasteiger partial charge in [0.2, 0.25) is 0 Å². The topological polar surface area (TPSA) is 116 Å². The van der Waals surface area contributed by atoms with Crippen LogP contribution in [0.25, 0.3) is 0 Å². The number of aliphatic carboxylic acids is 1. The molecule has 2 atom stereocenters. The molecule has 106 valence electrons. The van der Waals surface area contributed by atoms with Crippen LogP contribution in [-0.2, 0) is 4.79 Å². The van der Waals surface area contributed by atoms with E-state index in [9.17, 15) is 20.0 Å². The van der Waals surface area contributed by atoms with E-state index < -0.39 is 16.9 Å². The van der Waals surface area contributed by atoms with Crippen LogP contribution < -0.4 is 5.32 Å². The van der Waals surface area contributed by atoms with Crippen LogP contribution in [-0.4, -0.2) is 22.0 Å². The third-order valence-corrected chi connectivity index (χ3v) is 3.11. The maximum Gasteiger partial charge on any atom is 0.326 e. The van der Waals surface area contributed by atoms with E-state index >= 15 is 0 Å². The second kappa shape index (κ2) is 6.52. The lowest BCUT2D eigenvalue weighted by molar-refractivity contribution is -0.384. The van der Waals surface area contributed by atoms with Gasteiger partial charge in [-0.2, -0.15) is 5.26 Å². The summed E-state index contributed by atoms with van der Waals surface area (Å²) in [7, 11) is 0. The van der Waals surface area contributed by atoms with Gasteiger partial charge >= 0.3 is 5.97 Å². The predicted octanol–water partition coefficient (Wildman–Crippen LogP) is 2.38. The van der Waals surface area contributed by atoms with Crippen molar-refractivity contribution in [1.29, 1.82) is 5.26 Å². The Morgan fingerprint density at radius 1 is 1.60 bits per heavy atom. The van der Waals surface area contributed by atoms with Crippen LogP contribution >= 0.6 is 0 Å². The van der Waals surface area contributed by atoms with E-state index in [1.807, 2.05) is 13.0 Å². The molecule has 0 amide bonds. The zero-order valence-electron chi connectivity index (χ0n) is 11.2. The molecule has 0 aliphatic carbocycles. The fourth-order valence-corrected chi connectivity index (χ4v) is 1.72. The summed E-state index contributed by atoms with van der Waals surface area (Å²) in [4.78, 5) is 21.6. The number of carboxylic acids is 1. The lowest BCUT2D eigenvalue weighted by atomic mass is 9.99. The van der Waals surface area contributed by atoms with Crippen molar-refractivity contribution in [3.05, 3.63) is 33.9 Å². The monoisotopic (exact) mass is 277 g/mol. The molecule has 2 N–H and O–H groups in total. The Hall–Kier alpha value is -2.62. The Kier molecular flexibility index (Phi) is 5.03. The van der Waals surface area contributed by atoms with Crippen LogP contribution in [0.2, 0.25) is 0 Å². The van der Waals surface area contributed by atoms with Crippen molar-refractivity contribution in [3.63, 3.8) is 0 Å². The molecular weight excluding hydrogens is 262 g/mol. The van der Waals surface area contributed by atoms with Crippen LogP contribution in [0.1, 0.15) is 25.8 Å². The van der Waals surface area contributed by atoms with Gasteiger partial charge < -0.3 is 10.4 Å². The summed E-state index contributed by atoms with van der Waals surface area (Å²) < 4.78 is 0. The summed E-state index contributed by atoms with van der Waals surface area (Å²) in [5.74, 6) is -1.26. The van der Waals surface area contributed by atoms with Crippen molar-refractivity contribution < 1.29 is 14.8 Å². The molecule has 0 bridgehead atoms. The Balaban J connectivity index is 3.16. The summed E-state index contributed by atoms with van der Waals surface area (Å²) in [5.41, 5.74) is -0.0574.